The van der Waals surface area contributed by atoms with Crippen LogP contribution in [0, 0.1) is 5.92 Å². The molecule has 17 heavy (non-hydrogen) atoms. The number of carbonyl (C=O) groups excluding carboxylic acids is 1. The van der Waals surface area contributed by atoms with Crippen molar-refractivity contribution in [2.24, 2.45) is 5.92 Å². The highest BCUT2D eigenvalue weighted by molar-refractivity contribution is 14.1. The lowest BCUT2D eigenvalue weighted by Crippen LogP contribution is -2.43. The van der Waals surface area contributed by atoms with E-state index in [1.165, 1.54) is 6.42 Å². The quantitative estimate of drug-likeness (QED) is 0.365. The summed E-state index contributed by atoms with van der Waals surface area (Å²) in [5.74, 6) is 0.274. The van der Waals surface area contributed by atoms with E-state index < -0.39 is 5.60 Å². The lowest BCUT2D eigenvalue weighted by molar-refractivity contribution is -0.162. The third-order valence-corrected chi connectivity index (χ3v) is 7.27. The van der Waals surface area contributed by atoms with Crippen LogP contribution < -0.4 is 0 Å². The molecule has 2 aliphatic rings. The van der Waals surface area contributed by atoms with Gasteiger partial charge in [-0.2, -0.15) is 0 Å². The van der Waals surface area contributed by atoms with Crippen molar-refractivity contribution in [3.63, 3.8) is 0 Å². The molecule has 5 heteroatoms. The fourth-order valence-corrected chi connectivity index (χ4v) is 3.32. The Morgan fingerprint density at radius 3 is 2.71 bits per heavy atom. The lowest BCUT2D eigenvalue weighted by atomic mass is 9.78. The predicted octanol–water partition coefficient (Wildman–Crippen LogP) is 3.11. The van der Waals surface area contributed by atoms with E-state index in [0.717, 1.165) is 17.3 Å². The van der Waals surface area contributed by atoms with Crippen LogP contribution in [-0.4, -0.2) is 32.1 Å². The molecule has 0 aromatic rings. The Morgan fingerprint density at radius 2 is 2.24 bits per heavy atom. The van der Waals surface area contributed by atoms with E-state index in [2.05, 4.69) is 45.2 Å². The zero-order valence-electron chi connectivity index (χ0n) is 10.1. The van der Waals surface area contributed by atoms with Crippen molar-refractivity contribution in [2.45, 2.75) is 54.8 Å². The Morgan fingerprint density at radius 1 is 1.53 bits per heavy atom. The molecule has 4 unspecified atom stereocenters. The third-order valence-electron chi connectivity index (χ3n) is 3.75. The number of carbonyl (C=O) groups is 1. The minimum Gasteiger partial charge on any atom is -0.458 e. The topological polar surface area (TPSA) is 35.5 Å². The van der Waals surface area contributed by atoms with Gasteiger partial charge in [0.2, 0.25) is 0 Å². The van der Waals surface area contributed by atoms with Crippen LogP contribution in [0.3, 0.4) is 0 Å². The van der Waals surface area contributed by atoms with Crippen molar-refractivity contribution in [1.82, 2.24) is 0 Å². The van der Waals surface area contributed by atoms with Gasteiger partial charge in [-0.15, -0.1) is 0 Å². The number of alkyl halides is 2. The number of ether oxygens (including phenoxy) is 2. The van der Waals surface area contributed by atoms with E-state index in [4.69, 9.17) is 9.47 Å². The van der Waals surface area contributed by atoms with Crippen molar-refractivity contribution < 1.29 is 14.3 Å². The van der Waals surface area contributed by atoms with Gasteiger partial charge in [0.15, 0.2) is 0 Å². The van der Waals surface area contributed by atoms with Crippen molar-refractivity contribution >= 4 is 51.2 Å². The molecule has 2 rings (SSSR count). The SMILES string of the molecule is CC(C)(OC(=O)C(I)CI)C1CC2CCC1O2. The molecule has 0 amide bonds. The monoisotopic (exact) mass is 464 g/mol. The van der Waals surface area contributed by atoms with Gasteiger partial charge in [-0.25, -0.2) is 0 Å². The summed E-state index contributed by atoms with van der Waals surface area (Å²) < 4.78 is 12.3. The smallest absolute Gasteiger partial charge is 0.320 e. The Bertz CT molecular complexity index is 306. The molecule has 0 aromatic carbocycles. The summed E-state index contributed by atoms with van der Waals surface area (Å²) in [6.45, 7) is 4.05. The van der Waals surface area contributed by atoms with E-state index in [9.17, 15) is 4.79 Å². The van der Waals surface area contributed by atoms with Gasteiger partial charge in [0.25, 0.3) is 0 Å². The molecule has 0 spiro atoms. The Hall–Kier alpha value is 0.890. The number of rotatable bonds is 4. The molecule has 0 aromatic heterocycles. The van der Waals surface area contributed by atoms with Crippen LogP contribution >= 0.6 is 45.2 Å². The average molecular weight is 464 g/mol. The Labute approximate surface area is 130 Å². The van der Waals surface area contributed by atoms with Gasteiger partial charge in [-0.05, 0) is 33.1 Å². The number of fused-ring (bicyclic) bond motifs is 2. The highest BCUT2D eigenvalue weighted by Gasteiger charge is 2.49. The second-order valence-electron chi connectivity index (χ2n) is 5.36. The summed E-state index contributed by atoms with van der Waals surface area (Å²) in [5.41, 5.74) is -0.397. The van der Waals surface area contributed by atoms with Crippen LogP contribution in [0.5, 0.6) is 0 Å². The van der Waals surface area contributed by atoms with Crippen molar-refractivity contribution in [3.05, 3.63) is 0 Å². The van der Waals surface area contributed by atoms with Crippen LogP contribution in [-0.2, 0) is 14.3 Å². The normalized spacial score (nSPS) is 33.8. The molecule has 2 aliphatic heterocycles. The minimum atomic E-state index is -0.397. The van der Waals surface area contributed by atoms with E-state index in [0.29, 0.717) is 18.1 Å². The highest BCUT2D eigenvalue weighted by Crippen LogP contribution is 2.45. The van der Waals surface area contributed by atoms with Crippen LogP contribution in [0.25, 0.3) is 0 Å². The summed E-state index contributed by atoms with van der Waals surface area (Å²) in [7, 11) is 0. The van der Waals surface area contributed by atoms with E-state index in [1.54, 1.807) is 0 Å². The first-order valence-corrected chi connectivity index (χ1v) is 8.79. The highest BCUT2D eigenvalue weighted by atomic mass is 127. The molecule has 3 nitrogen and oxygen atoms in total. The summed E-state index contributed by atoms with van der Waals surface area (Å²) in [6, 6.07) is 0. The van der Waals surface area contributed by atoms with Gasteiger partial charge in [0.1, 0.15) is 9.53 Å². The van der Waals surface area contributed by atoms with Crippen LogP contribution in [0.4, 0.5) is 0 Å². The molecular weight excluding hydrogens is 446 g/mol. The summed E-state index contributed by atoms with van der Waals surface area (Å²) in [6.07, 6.45) is 4.04. The van der Waals surface area contributed by atoms with Gasteiger partial charge >= 0.3 is 5.97 Å². The first-order valence-electron chi connectivity index (χ1n) is 6.02. The fraction of sp³-hybridized carbons (Fsp3) is 0.917. The molecule has 2 bridgehead atoms. The standard InChI is InChI=1S/C12H18I2O3/c1-12(2,17-11(15)9(14)6-13)8-5-7-3-4-10(8)16-7/h7-10H,3-6H2,1-2H3. The van der Waals surface area contributed by atoms with E-state index >= 15 is 0 Å². The largest absolute Gasteiger partial charge is 0.458 e. The molecule has 0 saturated carbocycles. The summed E-state index contributed by atoms with van der Waals surface area (Å²) >= 11 is 4.36. The van der Waals surface area contributed by atoms with Crippen molar-refractivity contribution in [1.29, 1.82) is 0 Å². The summed E-state index contributed by atoms with van der Waals surface area (Å²) in [4.78, 5) is 11.9. The van der Waals surface area contributed by atoms with Gasteiger partial charge in [-0.1, -0.05) is 45.2 Å². The predicted molar refractivity (Wildman–Crippen MR) is 82.9 cm³/mol. The van der Waals surface area contributed by atoms with E-state index in [1.807, 2.05) is 13.8 Å². The molecule has 4 atom stereocenters. The Kier molecular flexibility index (Phi) is 4.61. The number of esters is 1. The molecule has 0 radical (unpaired) electrons. The number of hydrogen-bond donors (Lipinski definition) is 0. The maximum absolute atomic E-state index is 11.9. The molecular formula is C12H18I2O3. The Balaban J connectivity index is 1.97. The lowest BCUT2D eigenvalue weighted by Gasteiger charge is -2.35. The van der Waals surface area contributed by atoms with Gasteiger partial charge in [0, 0.05) is 10.3 Å². The van der Waals surface area contributed by atoms with Crippen molar-refractivity contribution in [3.8, 4) is 0 Å². The summed E-state index contributed by atoms with van der Waals surface area (Å²) in [5, 5.41) is 0. The zero-order valence-corrected chi connectivity index (χ0v) is 14.4. The van der Waals surface area contributed by atoms with Gasteiger partial charge < -0.3 is 9.47 Å². The first kappa shape index (κ1) is 14.3. The maximum atomic E-state index is 11.9. The van der Waals surface area contributed by atoms with Crippen molar-refractivity contribution in [2.75, 3.05) is 4.43 Å². The average Bonchev–Trinajstić information content (AvgIpc) is 2.89. The van der Waals surface area contributed by atoms with Gasteiger partial charge in [0.05, 0.1) is 12.2 Å². The second kappa shape index (κ2) is 5.48. The minimum absolute atomic E-state index is 0.0491. The first-order chi connectivity index (χ1) is 7.94. The van der Waals surface area contributed by atoms with Crippen LogP contribution in [0.15, 0.2) is 0 Å². The fourth-order valence-electron chi connectivity index (χ4n) is 2.83. The maximum Gasteiger partial charge on any atom is 0.320 e. The molecule has 98 valence electrons. The molecule has 2 heterocycles. The zero-order chi connectivity index (χ0) is 12.6. The van der Waals surface area contributed by atoms with E-state index in [-0.39, 0.29) is 9.89 Å². The molecule has 0 aliphatic carbocycles. The molecule has 0 N–H and O–H groups in total. The third kappa shape index (κ3) is 3.08. The number of halogens is 2. The number of hydrogen-bond acceptors (Lipinski definition) is 3. The van der Waals surface area contributed by atoms with Gasteiger partial charge in [-0.3, -0.25) is 4.79 Å². The van der Waals surface area contributed by atoms with Crippen LogP contribution in [0.1, 0.15) is 33.1 Å². The molecule has 2 fully saturated rings. The second-order valence-corrected chi connectivity index (χ2v) is 7.75. The van der Waals surface area contributed by atoms with Crippen LogP contribution in [0.2, 0.25) is 0 Å². The molecule has 2 saturated heterocycles.